The molecule has 8 heteroatoms. The normalized spacial score (nSPS) is 9.39. The fourth-order valence-electron chi connectivity index (χ4n) is 1.55. The molecule has 0 aliphatic rings. The Morgan fingerprint density at radius 3 is 2.52 bits per heavy atom. The molecule has 3 rings (SSSR count). The predicted octanol–water partition coefficient (Wildman–Crippen LogP) is 1.61. The molecule has 0 bridgehead atoms. The molecular weight excluding hydrogens is 314 g/mol. The van der Waals surface area contributed by atoms with E-state index in [1.807, 2.05) is 12.1 Å². The first-order valence-corrected chi connectivity index (χ1v) is 7.46. The van der Waals surface area contributed by atoms with E-state index in [1.165, 1.54) is 17.5 Å². The molecule has 0 aliphatic carbocycles. The smallest absolute Gasteiger partial charge is 0.207 e. The summed E-state index contributed by atoms with van der Waals surface area (Å²) in [6.45, 7) is 0.0230. The number of amides is 1. The number of hydrogen-bond donors (Lipinski definition) is 1. The van der Waals surface area contributed by atoms with Gasteiger partial charge in [0.1, 0.15) is 10.5 Å². The maximum Gasteiger partial charge on any atom is 0.207 e. The van der Waals surface area contributed by atoms with Gasteiger partial charge in [-0.15, -0.1) is 10.2 Å². The highest BCUT2D eigenvalue weighted by Crippen LogP contribution is 2.17. The van der Waals surface area contributed by atoms with Crippen LogP contribution in [0.3, 0.4) is 0 Å². The highest BCUT2D eigenvalue weighted by atomic mass is 32.1. The Balaban J connectivity index is 0.000000167. The Bertz CT molecular complexity index is 720. The van der Waals surface area contributed by atoms with Crippen molar-refractivity contribution >= 4 is 23.5 Å². The lowest BCUT2D eigenvalue weighted by atomic mass is 10.2. The number of aromatic nitrogens is 4. The van der Waals surface area contributed by atoms with Crippen LogP contribution >= 0.6 is 11.3 Å². The van der Waals surface area contributed by atoms with Crippen molar-refractivity contribution in [2.24, 2.45) is 0 Å². The Hall–Kier alpha value is -3.00. The number of hydrogen-bond acceptors (Lipinski definition) is 7. The van der Waals surface area contributed by atoms with E-state index in [0.717, 1.165) is 10.6 Å². The molecule has 0 radical (unpaired) electrons. The SMILES string of the molecule is O=CNCC(=O)c1cccnc1.c1cncc(-c2nncs2)c1. The van der Waals surface area contributed by atoms with Crippen LogP contribution in [0.5, 0.6) is 0 Å². The molecule has 0 aromatic carbocycles. The summed E-state index contributed by atoms with van der Waals surface area (Å²) < 4.78 is 0. The molecule has 0 spiro atoms. The summed E-state index contributed by atoms with van der Waals surface area (Å²) in [6, 6.07) is 7.18. The number of rotatable bonds is 5. The van der Waals surface area contributed by atoms with Gasteiger partial charge in [-0.3, -0.25) is 19.6 Å². The molecule has 1 N–H and O–H groups in total. The summed E-state index contributed by atoms with van der Waals surface area (Å²) in [6.07, 6.45) is 7.07. The third kappa shape index (κ3) is 5.36. The van der Waals surface area contributed by atoms with Gasteiger partial charge in [0.25, 0.3) is 0 Å². The Kier molecular flexibility index (Phi) is 6.48. The Labute approximate surface area is 136 Å². The zero-order chi connectivity index (χ0) is 16.3. The lowest BCUT2D eigenvalue weighted by Crippen LogP contribution is -2.21. The molecule has 0 unspecified atom stereocenters. The molecule has 0 atom stereocenters. The molecular formula is C15H13N5O2S. The number of pyridine rings is 2. The van der Waals surface area contributed by atoms with E-state index >= 15 is 0 Å². The standard InChI is InChI=1S/C8H8N2O2.C7H5N3S/c11-6-10-5-8(12)7-2-1-3-9-4-7;1-2-6(4-8-3-1)7-10-9-5-11-7/h1-4,6H,5H2,(H,10,11);1-5H. The Morgan fingerprint density at radius 2 is 1.96 bits per heavy atom. The first-order valence-electron chi connectivity index (χ1n) is 6.58. The average molecular weight is 327 g/mol. The molecule has 3 aromatic rings. The van der Waals surface area contributed by atoms with Crippen LogP contribution in [0.2, 0.25) is 0 Å². The fraction of sp³-hybridized carbons (Fsp3) is 0.0667. The molecule has 0 saturated carbocycles. The first-order chi connectivity index (χ1) is 11.3. The third-order valence-corrected chi connectivity index (χ3v) is 3.34. The fourth-order valence-corrected chi connectivity index (χ4v) is 2.10. The number of ketones is 1. The third-order valence-electron chi connectivity index (χ3n) is 2.60. The van der Waals surface area contributed by atoms with Gasteiger partial charge in [-0.2, -0.15) is 0 Å². The second-order valence-corrected chi connectivity index (χ2v) is 4.98. The number of carbonyl (C=O) groups excluding carboxylic acids is 2. The van der Waals surface area contributed by atoms with Crippen molar-refractivity contribution in [3.05, 3.63) is 60.1 Å². The number of nitrogens with one attached hydrogen (secondary N) is 1. The summed E-state index contributed by atoms with van der Waals surface area (Å²) >= 11 is 1.51. The minimum Gasteiger partial charge on any atom is -0.351 e. The molecule has 7 nitrogen and oxygen atoms in total. The molecule has 3 aromatic heterocycles. The average Bonchev–Trinajstić information content (AvgIpc) is 3.16. The van der Waals surface area contributed by atoms with Crippen LogP contribution in [0.4, 0.5) is 0 Å². The van der Waals surface area contributed by atoms with E-state index in [0.29, 0.717) is 12.0 Å². The van der Waals surface area contributed by atoms with Crippen LogP contribution < -0.4 is 5.32 Å². The van der Waals surface area contributed by atoms with Gasteiger partial charge < -0.3 is 5.32 Å². The largest absolute Gasteiger partial charge is 0.351 e. The summed E-state index contributed by atoms with van der Waals surface area (Å²) in [5.41, 5.74) is 3.24. The summed E-state index contributed by atoms with van der Waals surface area (Å²) in [4.78, 5) is 28.8. The van der Waals surface area contributed by atoms with Gasteiger partial charge >= 0.3 is 0 Å². The minimum atomic E-state index is -0.143. The zero-order valence-electron chi connectivity index (χ0n) is 12.0. The van der Waals surface area contributed by atoms with Crippen LogP contribution in [0.25, 0.3) is 10.6 Å². The van der Waals surface area contributed by atoms with Gasteiger partial charge in [-0.25, -0.2) is 0 Å². The Morgan fingerprint density at radius 1 is 1.17 bits per heavy atom. The molecule has 1 amide bonds. The molecule has 0 saturated heterocycles. The van der Waals surface area contributed by atoms with Crippen molar-refractivity contribution in [1.82, 2.24) is 25.5 Å². The van der Waals surface area contributed by atoms with Gasteiger partial charge in [-0.1, -0.05) is 11.3 Å². The minimum absolute atomic E-state index is 0.0230. The van der Waals surface area contributed by atoms with Crippen LogP contribution in [0.1, 0.15) is 10.4 Å². The summed E-state index contributed by atoms with van der Waals surface area (Å²) in [5.74, 6) is -0.143. The van der Waals surface area contributed by atoms with E-state index in [9.17, 15) is 9.59 Å². The highest BCUT2D eigenvalue weighted by molar-refractivity contribution is 7.12. The van der Waals surface area contributed by atoms with Crippen molar-refractivity contribution in [2.75, 3.05) is 6.54 Å². The zero-order valence-corrected chi connectivity index (χ0v) is 12.8. The van der Waals surface area contributed by atoms with E-state index in [2.05, 4.69) is 25.5 Å². The lowest BCUT2D eigenvalue weighted by molar-refractivity contribution is -0.109. The van der Waals surface area contributed by atoms with E-state index in [1.54, 1.807) is 36.2 Å². The van der Waals surface area contributed by atoms with Crippen molar-refractivity contribution in [1.29, 1.82) is 0 Å². The molecule has 0 fully saturated rings. The second-order valence-electron chi connectivity index (χ2n) is 4.15. The van der Waals surface area contributed by atoms with Crippen LogP contribution in [0.15, 0.2) is 54.6 Å². The molecule has 0 aliphatic heterocycles. The number of carbonyl (C=O) groups is 2. The summed E-state index contributed by atoms with van der Waals surface area (Å²) in [7, 11) is 0. The molecule has 3 heterocycles. The first kappa shape index (κ1) is 16.4. The predicted molar refractivity (Wildman–Crippen MR) is 85.8 cm³/mol. The van der Waals surface area contributed by atoms with Crippen molar-refractivity contribution in [2.45, 2.75) is 0 Å². The van der Waals surface area contributed by atoms with Crippen LogP contribution in [-0.4, -0.2) is 38.9 Å². The van der Waals surface area contributed by atoms with Crippen molar-refractivity contribution in [3.8, 4) is 10.6 Å². The topological polar surface area (TPSA) is 97.7 Å². The summed E-state index contributed by atoms with van der Waals surface area (Å²) in [5, 5.41) is 10.9. The van der Waals surface area contributed by atoms with E-state index < -0.39 is 0 Å². The number of nitrogens with zero attached hydrogens (tertiary/aromatic N) is 4. The lowest BCUT2D eigenvalue weighted by Gasteiger charge is -1.97. The van der Waals surface area contributed by atoms with E-state index in [-0.39, 0.29) is 12.3 Å². The van der Waals surface area contributed by atoms with Gasteiger partial charge in [-0.05, 0) is 24.3 Å². The van der Waals surface area contributed by atoms with E-state index in [4.69, 9.17) is 0 Å². The van der Waals surface area contributed by atoms with Gasteiger partial charge in [0.05, 0.1) is 6.54 Å². The number of Topliss-reactive ketones (excluding diaryl/α,β-unsaturated/α-hetero) is 1. The highest BCUT2D eigenvalue weighted by Gasteiger charge is 2.02. The van der Waals surface area contributed by atoms with Gasteiger partial charge in [0.15, 0.2) is 5.78 Å². The van der Waals surface area contributed by atoms with Crippen molar-refractivity contribution in [3.63, 3.8) is 0 Å². The second kappa shape index (κ2) is 9.11. The monoisotopic (exact) mass is 327 g/mol. The van der Waals surface area contributed by atoms with Crippen LogP contribution in [-0.2, 0) is 4.79 Å². The van der Waals surface area contributed by atoms with Crippen molar-refractivity contribution < 1.29 is 9.59 Å². The molecule has 23 heavy (non-hydrogen) atoms. The maximum absolute atomic E-state index is 11.1. The maximum atomic E-state index is 11.1. The van der Waals surface area contributed by atoms with Gasteiger partial charge in [0, 0.05) is 35.9 Å². The molecule has 116 valence electrons. The van der Waals surface area contributed by atoms with Gasteiger partial charge in [0.2, 0.25) is 6.41 Å². The quantitative estimate of drug-likeness (QED) is 0.565. The van der Waals surface area contributed by atoms with Crippen LogP contribution in [0, 0.1) is 0 Å².